The molecule has 0 aliphatic rings. The van der Waals surface area contributed by atoms with Gasteiger partial charge in [0.15, 0.2) is 0 Å². The SMILES string of the molecule is Cc1cc(C)cc(CC(N)Cc2cc(F)ccc2C)c1. The third-order valence-electron chi connectivity index (χ3n) is 3.57. The van der Waals surface area contributed by atoms with E-state index in [0.29, 0.717) is 6.42 Å². The zero-order valence-electron chi connectivity index (χ0n) is 12.4. The van der Waals surface area contributed by atoms with Gasteiger partial charge in [-0.3, -0.25) is 0 Å². The minimum atomic E-state index is -0.191. The van der Waals surface area contributed by atoms with Crippen molar-refractivity contribution in [1.29, 1.82) is 0 Å². The maximum absolute atomic E-state index is 13.3. The Hall–Kier alpha value is -1.67. The Bertz CT molecular complexity index is 584. The van der Waals surface area contributed by atoms with Crippen LogP contribution in [-0.4, -0.2) is 6.04 Å². The van der Waals surface area contributed by atoms with Crippen LogP contribution in [0, 0.1) is 26.6 Å². The van der Waals surface area contributed by atoms with E-state index in [0.717, 1.165) is 17.5 Å². The first-order valence-corrected chi connectivity index (χ1v) is 7.02. The number of aryl methyl sites for hydroxylation is 3. The van der Waals surface area contributed by atoms with Crippen molar-refractivity contribution in [3.8, 4) is 0 Å². The maximum atomic E-state index is 13.3. The van der Waals surface area contributed by atoms with Gasteiger partial charge in [0.1, 0.15) is 5.82 Å². The van der Waals surface area contributed by atoms with Gasteiger partial charge in [0.05, 0.1) is 0 Å². The van der Waals surface area contributed by atoms with Crippen molar-refractivity contribution in [1.82, 2.24) is 0 Å². The average molecular weight is 271 g/mol. The molecule has 0 bridgehead atoms. The van der Waals surface area contributed by atoms with Crippen LogP contribution in [0.25, 0.3) is 0 Å². The van der Waals surface area contributed by atoms with E-state index in [4.69, 9.17) is 5.73 Å². The highest BCUT2D eigenvalue weighted by molar-refractivity contribution is 5.31. The smallest absolute Gasteiger partial charge is 0.123 e. The quantitative estimate of drug-likeness (QED) is 0.897. The summed E-state index contributed by atoms with van der Waals surface area (Å²) in [5.41, 5.74) is 12.1. The fraction of sp³-hybridized carbons (Fsp3) is 0.333. The molecule has 2 heteroatoms. The van der Waals surface area contributed by atoms with Gasteiger partial charge in [-0.25, -0.2) is 4.39 Å². The van der Waals surface area contributed by atoms with Crippen LogP contribution < -0.4 is 5.73 Å². The molecule has 0 aliphatic carbocycles. The molecule has 1 atom stereocenters. The molecule has 0 radical (unpaired) electrons. The van der Waals surface area contributed by atoms with Crippen molar-refractivity contribution in [3.05, 3.63) is 70.0 Å². The lowest BCUT2D eigenvalue weighted by Gasteiger charge is -2.14. The highest BCUT2D eigenvalue weighted by Crippen LogP contribution is 2.15. The Morgan fingerprint density at radius 3 is 2.25 bits per heavy atom. The highest BCUT2D eigenvalue weighted by Gasteiger charge is 2.09. The summed E-state index contributed by atoms with van der Waals surface area (Å²) in [6, 6.07) is 11.4. The summed E-state index contributed by atoms with van der Waals surface area (Å²) >= 11 is 0. The van der Waals surface area contributed by atoms with Crippen LogP contribution in [0.1, 0.15) is 27.8 Å². The average Bonchev–Trinajstić information content (AvgIpc) is 2.32. The third-order valence-corrected chi connectivity index (χ3v) is 3.57. The largest absolute Gasteiger partial charge is 0.327 e. The second-order valence-corrected chi connectivity index (χ2v) is 5.74. The van der Waals surface area contributed by atoms with E-state index in [-0.39, 0.29) is 11.9 Å². The Labute approximate surface area is 120 Å². The molecule has 0 saturated heterocycles. The van der Waals surface area contributed by atoms with Crippen molar-refractivity contribution in [2.45, 2.75) is 39.7 Å². The van der Waals surface area contributed by atoms with Crippen molar-refractivity contribution in [2.75, 3.05) is 0 Å². The first-order chi connectivity index (χ1) is 9.44. The molecule has 2 rings (SSSR count). The van der Waals surface area contributed by atoms with E-state index in [2.05, 4.69) is 32.0 Å². The predicted molar refractivity (Wildman–Crippen MR) is 82.4 cm³/mol. The highest BCUT2D eigenvalue weighted by atomic mass is 19.1. The molecule has 20 heavy (non-hydrogen) atoms. The molecule has 0 aliphatic heterocycles. The van der Waals surface area contributed by atoms with E-state index in [1.165, 1.54) is 22.8 Å². The van der Waals surface area contributed by atoms with Gasteiger partial charge >= 0.3 is 0 Å². The molecule has 0 fully saturated rings. The molecule has 2 N–H and O–H groups in total. The molecular formula is C18H22FN. The van der Waals surface area contributed by atoms with Gasteiger partial charge in [-0.05, 0) is 62.4 Å². The van der Waals surface area contributed by atoms with Gasteiger partial charge in [0.25, 0.3) is 0 Å². The van der Waals surface area contributed by atoms with Crippen molar-refractivity contribution in [3.63, 3.8) is 0 Å². The Kier molecular flexibility index (Phi) is 4.56. The molecule has 2 aromatic rings. The molecule has 1 unspecified atom stereocenters. The minimum Gasteiger partial charge on any atom is -0.327 e. The van der Waals surface area contributed by atoms with E-state index in [9.17, 15) is 4.39 Å². The molecule has 0 saturated carbocycles. The summed E-state index contributed by atoms with van der Waals surface area (Å²) in [7, 11) is 0. The van der Waals surface area contributed by atoms with Gasteiger partial charge in [0, 0.05) is 6.04 Å². The summed E-state index contributed by atoms with van der Waals surface area (Å²) in [5.74, 6) is -0.191. The molecule has 0 aromatic heterocycles. The lowest BCUT2D eigenvalue weighted by molar-refractivity contribution is 0.616. The Morgan fingerprint density at radius 1 is 0.950 bits per heavy atom. The summed E-state index contributed by atoms with van der Waals surface area (Å²) in [6.07, 6.45) is 1.52. The number of halogens is 1. The number of nitrogens with two attached hydrogens (primary N) is 1. The van der Waals surface area contributed by atoms with Gasteiger partial charge in [-0.1, -0.05) is 35.4 Å². The number of benzene rings is 2. The fourth-order valence-electron chi connectivity index (χ4n) is 2.70. The number of hydrogen-bond donors (Lipinski definition) is 1. The van der Waals surface area contributed by atoms with E-state index in [1.807, 2.05) is 13.0 Å². The zero-order chi connectivity index (χ0) is 14.7. The summed E-state index contributed by atoms with van der Waals surface area (Å²) in [4.78, 5) is 0. The second-order valence-electron chi connectivity index (χ2n) is 5.74. The van der Waals surface area contributed by atoms with Gasteiger partial charge in [-0.15, -0.1) is 0 Å². The van der Waals surface area contributed by atoms with Crippen LogP contribution >= 0.6 is 0 Å². The van der Waals surface area contributed by atoms with Crippen LogP contribution in [0.15, 0.2) is 36.4 Å². The van der Waals surface area contributed by atoms with Crippen molar-refractivity contribution < 1.29 is 4.39 Å². The standard InChI is InChI=1S/C18H22FN/c1-12-6-13(2)8-15(7-12)9-18(20)11-16-10-17(19)5-4-14(16)3/h4-8,10,18H,9,11,20H2,1-3H3. The molecule has 0 spiro atoms. The Morgan fingerprint density at radius 2 is 1.60 bits per heavy atom. The summed E-state index contributed by atoms with van der Waals surface area (Å²) in [5, 5.41) is 0. The number of rotatable bonds is 4. The molecule has 0 amide bonds. The fourth-order valence-corrected chi connectivity index (χ4v) is 2.70. The van der Waals surface area contributed by atoms with Crippen LogP contribution in [0.2, 0.25) is 0 Å². The van der Waals surface area contributed by atoms with Crippen LogP contribution in [0.3, 0.4) is 0 Å². The molecule has 2 aromatic carbocycles. The lowest BCUT2D eigenvalue weighted by atomic mass is 9.95. The molecule has 1 nitrogen and oxygen atoms in total. The predicted octanol–water partition coefficient (Wildman–Crippen LogP) is 3.86. The topological polar surface area (TPSA) is 26.0 Å². The molecule has 106 valence electrons. The van der Waals surface area contributed by atoms with E-state index < -0.39 is 0 Å². The molecule has 0 heterocycles. The number of hydrogen-bond acceptors (Lipinski definition) is 1. The third kappa shape index (κ3) is 3.91. The lowest BCUT2D eigenvalue weighted by Crippen LogP contribution is -2.26. The first kappa shape index (κ1) is 14.7. The first-order valence-electron chi connectivity index (χ1n) is 7.02. The minimum absolute atomic E-state index is 0.0108. The Balaban J connectivity index is 2.08. The second kappa shape index (κ2) is 6.19. The van der Waals surface area contributed by atoms with Crippen LogP contribution in [0.4, 0.5) is 4.39 Å². The van der Waals surface area contributed by atoms with Crippen LogP contribution in [0.5, 0.6) is 0 Å². The summed E-state index contributed by atoms with van der Waals surface area (Å²) in [6.45, 7) is 6.19. The van der Waals surface area contributed by atoms with Crippen molar-refractivity contribution in [2.24, 2.45) is 5.73 Å². The summed E-state index contributed by atoms with van der Waals surface area (Å²) < 4.78 is 13.3. The van der Waals surface area contributed by atoms with Gasteiger partial charge in [0.2, 0.25) is 0 Å². The van der Waals surface area contributed by atoms with Crippen molar-refractivity contribution >= 4 is 0 Å². The maximum Gasteiger partial charge on any atom is 0.123 e. The van der Waals surface area contributed by atoms with Gasteiger partial charge < -0.3 is 5.73 Å². The zero-order valence-corrected chi connectivity index (χ0v) is 12.4. The van der Waals surface area contributed by atoms with E-state index in [1.54, 1.807) is 6.07 Å². The van der Waals surface area contributed by atoms with Gasteiger partial charge in [-0.2, -0.15) is 0 Å². The molecular weight excluding hydrogens is 249 g/mol. The normalized spacial score (nSPS) is 12.4. The van der Waals surface area contributed by atoms with E-state index >= 15 is 0 Å². The van der Waals surface area contributed by atoms with Crippen LogP contribution in [-0.2, 0) is 12.8 Å². The monoisotopic (exact) mass is 271 g/mol.